The molecule has 3 nitrogen and oxygen atoms in total. The van der Waals surface area contributed by atoms with E-state index < -0.39 is 30.5 Å². The van der Waals surface area contributed by atoms with Crippen LogP contribution >= 0.6 is 6.71 Å². The molecule has 0 bridgehead atoms. The Labute approximate surface area is 103 Å². The zero-order chi connectivity index (χ0) is 16.5. The first kappa shape index (κ1) is 17.1. The first-order valence-electron chi connectivity index (χ1n) is 4.43. The second-order valence-electron chi connectivity index (χ2n) is 4.10. The fourth-order valence-corrected chi connectivity index (χ4v) is 3.81. The van der Waals surface area contributed by atoms with E-state index in [2.05, 4.69) is 9.05 Å². The number of hydrogen-bond donors (Lipinski definition) is 0. The van der Waals surface area contributed by atoms with Gasteiger partial charge in [-0.25, -0.2) is 0 Å². The van der Waals surface area contributed by atoms with E-state index >= 15 is 0 Å². The van der Waals surface area contributed by atoms with Crippen LogP contribution in [0.3, 0.4) is 0 Å². The van der Waals surface area contributed by atoms with Gasteiger partial charge in [0.05, 0.1) is 0 Å². The van der Waals surface area contributed by atoms with Crippen LogP contribution in [0.5, 0.6) is 0 Å². The molecule has 1 aliphatic rings. The van der Waals surface area contributed by atoms with Crippen molar-refractivity contribution in [1.82, 2.24) is 0 Å². The molecule has 0 atom stereocenters. The van der Waals surface area contributed by atoms with E-state index in [1.54, 1.807) is 0 Å². The fraction of sp³-hybridized carbons (Fsp3) is 0.833. The number of alkyl halides is 9. The minimum absolute atomic E-state index is 0.191. The van der Waals surface area contributed by atoms with Crippen molar-refractivity contribution in [1.29, 1.82) is 0 Å². The van der Waals surface area contributed by atoms with Crippen LogP contribution in [0.2, 0.25) is 0 Å². The maximum absolute atomic E-state index is 14.1. The quantitative estimate of drug-likeness (QED) is 0.376. The van der Waals surface area contributed by atoms with Crippen LogP contribution in [-0.4, -0.2) is 42.5 Å². The Hall–Kier alpha value is -1.00. The van der Waals surface area contributed by atoms with Gasteiger partial charge in [-0.1, -0.05) is 0 Å². The fourth-order valence-electron chi connectivity index (χ4n) is 1.27. The topological polar surface area (TPSA) is 21.5 Å². The Morgan fingerprint density at radius 2 is 1.00 bits per heavy atom. The minimum atomic E-state index is -11.1. The number of nitrogens with zero attached hydrogens (tertiary/aromatic N) is 1. The molecule has 0 aliphatic carbocycles. The van der Waals surface area contributed by atoms with E-state index in [1.807, 2.05) is 0 Å². The molecular formula is C6H6F10NO2P. The number of halogens is 10. The van der Waals surface area contributed by atoms with Gasteiger partial charge in [0.2, 0.25) is 0 Å². The molecule has 0 spiro atoms. The molecule has 0 aromatic rings. The van der Waals surface area contributed by atoms with Crippen molar-refractivity contribution in [3.05, 3.63) is 0 Å². The molecule has 0 aromatic heterocycles. The molecule has 1 saturated heterocycles. The van der Waals surface area contributed by atoms with E-state index in [-0.39, 0.29) is 4.58 Å². The summed E-state index contributed by atoms with van der Waals surface area (Å²) in [5, 5.41) is 0. The molecular weight excluding hydrogens is 339 g/mol. The average Bonchev–Trinajstić information content (AvgIpc) is 2.06. The summed E-state index contributed by atoms with van der Waals surface area (Å²) in [6.07, 6.45) is -1.88. The maximum atomic E-state index is 14.1. The molecule has 1 heterocycles. The van der Waals surface area contributed by atoms with Crippen molar-refractivity contribution < 1.29 is 57.3 Å². The second-order valence-corrected chi connectivity index (χ2v) is 8.68. The standard InChI is InChI=1S/C6H6F10NO2P/c1-17(2)3-18-20(16,19-3,4(7,8)9,5(10,11)12)6(13,14)15/h1-2H3. The SMILES string of the molecule is C[N+](C)=C1O[P-](F)(C(F)(F)F)(C(F)(F)F)(C(F)(F)F)O1. The van der Waals surface area contributed by atoms with E-state index in [9.17, 15) is 43.7 Å². The molecule has 1 rings (SSSR count). The van der Waals surface area contributed by atoms with Crippen LogP contribution in [0.1, 0.15) is 0 Å². The molecule has 0 saturated carbocycles. The molecule has 20 heavy (non-hydrogen) atoms. The van der Waals surface area contributed by atoms with Crippen molar-refractivity contribution >= 4 is 12.8 Å². The molecule has 0 N–H and O–H groups in total. The summed E-state index contributed by atoms with van der Waals surface area (Å²) in [4.78, 5) is 0. The third-order valence-electron chi connectivity index (χ3n) is 2.61. The zero-order valence-corrected chi connectivity index (χ0v) is 10.4. The van der Waals surface area contributed by atoms with Crippen LogP contribution in [0.25, 0.3) is 0 Å². The number of hydrogen-bond acceptors (Lipinski definition) is 2. The van der Waals surface area contributed by atoms with E-state index in [0.29, 0.717) is 14.1 Å². The summed E-state index contributed by atoms with van der Waals surface area (Å²) in [6, 6.07) is 0. The third-order valence-corrected chi connectivity index (χ3v) is 7.09. The Morgan fingerprint density at radius 3 is 1.15 bits per heavy atom. The Bertz CT molecular complexity index is 442. The van der Waals surface area contributed by atoms with Gasteiger partial charge in [0, 0.05) is 0 Å². The van der Waals surface area contributed by atoms with Gasteiger partial charge in [0.1, 0.15) is 0 Å². The van der Waals surface area contributed by atoms with Crippen molar-refractivity contribution in [2.24, 2.45) is 0 Å². The van der Waals surface area contributed by atoms with E-state index in [1.165, 1.54) is 0 Å². The second kappa shape index (κ2) is 3.25. The predicted octanol–water partition coefficient (Wildman–Crippen LogP) is 4.02. The number of rotatable bonds is 0. The predicted molar refractivity (Wildman–Crippen MR) is 45.5 cm³/mol. The van der Waals surface area contributed by atoms with Gasteiger partial charge in [-0.3, -0.25) is 0 Å². The molecule has 1 fully saturated rings. The summed E-state index contributed by atoms with van der Waals surface area (Å²) in [7, 11) is 1.40. The monoisotopic (exact) mass is 345 g/mol. The van der Waals surface area contributed by atoms with Crippen LogP contribution in [0.4, 0.5) is 43.7 Å². The van der Waals surface area contributed by atoms with Crippen molar-refractivity contribution in [3.8, 4) is 0 Å². The van der Waals surface area contributed by atoms with Crippen LogP contribution in [0, 0.1) is 0 Å². The Morgan fingerprint density at radius 1 is 0.750 bits per heavy atom. The first-order valence-corrected chi connectivity index (χ1v) is 6.84. The van der Waals surface area contributed by atoms with Crippen LogP contribution in [0.15, 0.2) is 0 Å². The van der Waals surface area contributed by atoms with Gasteiger partial charge in [-0.2, -0.15) is 0 Å². The van der Waals surface area contributed by atoms with Gasteiger partial charge in [-0.15, -0.1) is 0 Å². The van der Waals surface area contributed by atoms with Gasteiger partial charge in [-0.05, 0) is 0 Å². The zero-order valence-electron chi connectivity index (χ0n) is 9.49. The summed E-state index contributed by atoms with van der Waals surface area (Å²) in [5.41, 5.74) is 0. The van der Waals surface area contributed by atoms with Crippen molar-refractivity contribution in [3.63, 3.8) is 0 Å². The van der Waals surface area contributed by atoms with Crippen LogP contribution < -0.4 is 0 Å². The third kappa shape index (κ3) is 1.13. The molecule has 14 heteroatoms. The van der Waals surface area contributed by atoms with Crippen molar-refractivity contribution in [2.75, 3.05) is 14.1 Å². The Balaban J connectivity index is 3.92. The molecule has 0 radical (unpaired) electrons. The van der Waals surface area contributed by atoms with E-state index in [0.717, 1.165) is 0 Å². The normalized spacial score (nSPS) is 27.7. The Kier molecular flexibility index (Phi) is 2.77. The summed E-state index contributed by atoms with van der Waals surface area (Å²) in [6.45, 7) is -11.1. The summed E-state index contributed by atoms with van der Waals surface area (Å²) in [5.74, 6) is -22.5. The van der Waals surface area contributed by atoms with Gasteiger partial charge < -0.3 is 0 Å². The summed E-state index contributed by atoms with van der Waals surface area (Å²) < 4.78 is 133. The molecule has 122 valence electrons. The van der Waals surface area contributed by atoms with Gasteiger partial charge in [0.15, 0.2) is 0 Å². The first-order chi connectivity index (χ1) is 8.40. The van der Waals surface area contributed by atoms with Gasteiger partial charge >= 0.3 is 102 Å². The van der Waals surface area contributed by atoms with Crippen LogP contribution in [-0.2, 0) is 9.05 Å². The van der Waals surface area contributed by atoms with E-state index in [4.69, 9.17) is 0 Å². The van der Waals surface area contributed by atoms with Gasteiger partial charge in [0.25, 0.3) is 0 Å². The molecule has 0 aromatic carbocycles. The average molecular weight is 345 g/mol. The summed E-state index contributed by atoms with van der Waals surface area (Å²) >= 11 is 0. The van der Waals surface area contributed by atoms with Crippen molar-refractivity contribution in [2.45, 2.75) is 17.8 Å². The molecule has 0 unspecified atom stereocenters. The molecule has 1 aliphatic heterocycles. The molecule has 0 amide bonds.